The van der Waals surface area contributed by atoms with Crippen molar-refractivity contribution in [3.8, 4) is 0 Å². The van der Waals surface area contributed by atoms with Gasteiger partial charge in [0.15, 0.2) is 11.6 Å². The van der Waals surface area contributed by atoms with Gasteiger partial charge in [-0.15, -0.1) is 0 Å². The fourth-order valence-corrected chi connectivity index (χ4v) is 4.01. The maximum atomic E-state index is 12.9. The topological polar surface area (TPSA) is 117 Å². The molecule has 2 aromatic carbocycles. The maximum Gasteiger partial charge on any atom is 0.337 e. The number of carbonyl (C=O) groups is 2. The lowest BCUT2D eigenvalue weighted by Crippen LogP contribution is -2.22. The van der Waals surface area contributed by atoms with Crippen LogP contribution in [0.4, 0.5) is 11.5 Å². The number of carboxylic acids is 1. The summed E-state index contributed by atoms with van der Waals surface area (Å²) in [7, 11) is -2.32. The van der Waals surface area contributed by atoms with Gasteiger partial charge in [-0.2, -0.15) is 0 Å². The number of aromatic nitrogens is 1. The van der Waals surface area contributed by atoms with Gasteiger partial charge in [0.05, 0.1) is 16.1 Å². The molecule has 9 heteroatoms. The number of sulfonamides is 1. The lowest BCUT2D eigenvalue weighted by molar-refractivity contribution is 0.0696. The molecule has 0 amide bonds. The Hall–Kier alpha value is -3.72. The second kappa shape index (κ2) is 8.97. The van der Waals surface area contributed by atoms with E-state index in [1.54, 1.807) is 11.9 Å². The fraction of sp³-hybridized carbons (Fsp3) is 0.136. The van der Waals surface area contributed by atoms with E-state index in [2.05, 4.69) is 9.71 Å². The van der Waals surface area contributed by atoms with E-state index in [9.17, 15) is 23.1 Å². The molecule has 0 spiro atoms. The number of nitrogens with one attached hydrogen (secondary N) is 1. The van der Waals surface area contributed by atoms with Crippen LogP contribution in [0.5, 0.6) is 0 Å². The standard InChI is InChI=1S/C22H21N3O5S/c1-15(26)17-8-10-19(11-9-17)31(29,30)24-20-12-18(22(27)28)13-23-21(20)25(2)14-16-6-4-3-5-7-16/h3-13,24H,14H2,1-2H3,(H,27,28). The second-order valence-corrected chi connectivity index (χ2v) is 8.61. The highest BCUT2D eigenvalue weighted by atomic mass is 32.2. The number of benzene rings is 2. The number of carbonyl (C=O) groups excluding carboxylic acids is 1. The monoisotopic (exact) mass is 439 g/mol. The van der Waals surface area contributed by atoms with Crippen molar-refractivity contribution in [1.29, 1.82) is 0 Å². The lowest BCUT2D eigenvalue weighted by Gasteiger charge is -2.22. The molecule has 3 aromatic rings. The Morgan fingerprint density at radius 2 is 1.68 bits per heavy atom. The van der Waals surface area contributed by atoms with Gasteiger partial charge in [0, 0.05) is 25.4 Å². The molecule has 0 aliphatic carbocycles. The van der Waals surface area contributed by atoms with Crippen molar-refractivity contribution < 1.29 is 23.1 Å². The van der Waals surface area contributed by atoms with Crippen LogP contribution in [0.15, 0.2) is 71.8 Å². The summed E-state index contributed by atoms with van der Waals surface area (Å²) in [6.45, 7) is 1.82. The van der Waals surface area contributed by atoms with Gasteiger partial charge in [0.1, 0.15) is 0 Å². The zero-order valence-electron chi connectivity index (χ0n) is 16.9. The molecule has 160 valence electrons. The van der Waals surface area contributed by atoms with E-state index in [1.165, 1.54) is 43.5 Å². The average Bonchev–Trinajstić information content (AvgIpc) is 2.74. The molecule has 0 saturated carbocycles. The van der Waals surface area contributed by atoms with Crippen molar-refractivity contribution in [1.82, 2.24) is 4.98 Å². The Morgan fingerprint density at radius 1 is 1.03 bits per heavy atom. The zero-order chi connectivity index (χ0) is 22.6. The summed E-state index contributed by atoms with van der Waals surface area (Å²) < 4.78 is 28.2. The van der Waals surface area contributed by atoms with Gasteiger partial charge in [0.2, 0.25) is 0 Å². The molecular formula is C22H21N3O5S. The molecule has 0 saturated heterocycles. The molecule has 3 rings (SSSR count). The van der Waals surface area contributed by atoms with Crippen LogP contribution >= 0.6 is 0 Å². The van der Waals surface area contributed by atoms with E-state index in [1.807, 2.05) is 30.3 Å². The summed E-state index contributed by atoms with van der Waals surface area (Å²) in [4.78, 5) is 28.7. The molecule has 0 bridgehead atoms. The van der Waals surface area contributed by atoms with Gasteiger partial charge in [-0.3, -0.25) is 9.52 Å². The molecular weight excluding hydrogens is 418 g/mol. The van der Waals surface area contributed by atoms with E-state index in [0.717, 1.165) is 5.56 Å². The van der Waals surface area contributed by atoms with Crippen molar-refractivity contribution in [2.45, 2.75) is 18.4 Å². The third kappa shape index (κ3) is 5.26. The van der Waals surface area contributed by atoms with E-state index < -0.39 is 16.0 Å². The molecule has 0 aliphatic rings. The third-order valence-corrected chi connectivity index (χ3v) is 5.93. The Morgan fingerprint density at radius 3 is 2.26 bits per heavy atom. The number of anilines is 2. The summed E-state index contributed by atoms with van der Waals surface area (Å²) in [5.74, 6) is -1.13. The number of rotatable bonds is 8. The van der Waals surface area contributed by atoms with Crippen molar-refractivity contribution in [2.75, 3.05) is 16.7 Å². The maximum absolute atomic E-state index is 12.9. The van der Waals surface area contributed by atoms with E-state index >= 15 is 0 Å². The van der Waals surface area contributed by atoms with E-state index in [4.69, 9.17) is 0 Å². The average molecular weight is 439 g/mol. The van der Waals surface area contributed by atoms with Gasteiger partial charge in [-0.1, -0.05) is 42.5 Å². The molecule has 1 heterocycles. The highest BCUT2D eigenvalue weighted by Crippen LogP contribution is 2.28. The summed E-state index contributed by atoms with van der Waals surface area (Å²) in [6.07, 6.45) is 1.18. The second-order valence-electron chi connectivity index (χ2n) is 6.93. The van der Waals surface area contributed by atoms with Crippen LogP contribution in [-0.2, 0) is 16.6 Å². The summed E-state index contributed by atoms with van der Waals surface area (Å²) >= 11 is 0. The first kappa shape index (κ1) is 22.0. The van der Waals surface area contributed by atoms with Gasteiger partial charge in [-0.05, 0) is 30.7 Å². The van der Waals surface area contributed by atoms with Gasteiger partial charge in [-0.25, -0.2) is 18.2 Å². The predicted octanol–water partition coefficient (Wildman–Crippen LogP) is 3.42. The van der Waals surface area contributed by atoms with Crippen LogP contribution in [0.3, 0.4) is 0 Å². The number of Topliss-reactive ketones (excluding diaryl/α,β-unsaturated/α-hetero) is 1. The van der Waals surface area contributed by atoms with Crippen molar-refractivity contribution in [3.63, 3.8) is 0 Å². The largest absolute Gasteiger partial charge is 0.478 e. The Labute approximate surface area is 180 Å². The Kier molecular flexibility index (Phi) is 6.36. The zero-order valence-corrected chi connectivity index (χ0v) is 17.8. The molecule has 0 atom stereocenters. The lowest BCUT2D eigenvalue weighted by atomic mass is 10.2. The van der Waals surface area contributed by atoms with Gasteiger partial charge >= 0.3 is 5.97 Å². The summed E-state index contributed by atoms with van der Waals surface area (Å²) in [5, 5.41) is 9.31. The Balaban J connectivity index is 1.96. The first-order valence-corrected chi connectivity index (χ1v) is 10.8. The van der Waals surface area contributed by atoms with Crippen LogP contribution in [0.1, 0.15) is 33.2 Å². The number of pyridine rings is 1. The van der Waals surface area contributed by atoms with Crippen LogP contribution in [0.25, 0.3) is 0 Å². The minimum Gasteiger partial charge on any atom is -0.478 e. The quantitative estimate of drug-likeness (QED) is 0.517. The molecule has 0 unspecified atom stereocenters. The molecule has 8 nitrogen and oxygen atoms in total. The number of hydrogen-bond donors (Lipinski definition) is 2. The van der Waals surface area contributed by atoms with Gasteiger partial charge in [0.25, 0.3) is 10.0 Å². The van der Waals surface area contributed by atoms with E-state index in [0.29, 0.717) is 12.1 Å². The first-order chi connectivity index (χ1) is 14.7. The molecule has 31 heavy (non-hydrogen) atoms. The van der Waals surface area contributed by atoms with Crippen LogP contribution in [0, 0.1) is 0 Å². The molecule has 0 fully saturated rings. The number of carboxylic acid groups (broad SMARTS) is 1. The van der Waals surface area contributed by atoms with Crippen molar-refractivity contribution >= 4 is 33.3 Å². The molecule has 1 aromatic heterocycles. The van der Waals surface area contributed by atoms with Gasteiger partial charge < -0.3 is 10.0 Å². The van der Waals surface area contributed by atoms with Crippen LogP contribution < -0.4 is 9.62 Å². The minimum absolute atomic E-state index is 0.0361. The third-order valence-electron chi connectivity index (χ3n) is 4.55. The van der Waals surface area contributed by atoms with Crippen LogP contribution in [0.2, 0.25) is 0 Å². The normalized spacial score (nSPS) is 11.0. The minimum atomic E-state index is -4.05. The molecule has 0 aliphatic heterocycles. The highest BCUT2D eigenvalue weighted by molar-refractivity contribution is 7.92. The van der Waals surface area contributed by atoms with Crippen LogP contribution in [-0.4, -0.2) is 37.3 Å². The number of hydrogen-bond acceptors (Lipinski definition) is 6. The molecule has 2 N–H and O–H groups in total. The number of aromatic carboxylic acids is 1. The highest BCUT2D eigenvalue weighted by Gasteiger charge is 2.20. The first-order valence-electron chi connectivity index (χ1n) is 9.29. The van der Waals surface area contributed by atoms with Crippen molar-refractivity contribution in [3.05, 3.63) is 83.6 Å². The SMILES string of the molecule is CC(=O)c1ccc(S(=O)(=O)Nc2cc(C(=O)O)cnc2N(C)Cc2ccccc2)cc1. The molecule has 0 radical (unpaired) electrons. The summed E-state index contributed by atoms with van der Waals surface area (Å²) in [6, 6.07) is 16.2. The fourth-order valence-electron chi connectivity index (χ4n) is 2.96. The summed E-state index contributed by atoms with van der Waals surface area (Å²) in [5.41, 5.74) is 1.25. The number of nitrogens with zero attached hydrogens (tertiary/aromatic N) is 2. The smallest absolute Gasteiger partial charge is 0.337 e. The van der Waals surface area contributed by atoms with E-state index in [-0.39, 0.29) is 27.7 Å². The Bertz CT molecular complexity index is 1210. The predicted molar refractivity (Wildman–Crippen MR) is 117 cm³/mol. The number of ketones is 1. The van der Waals surface area contributed by atoms with Crippen molar-refractivity contribution in [2.24, 2.45) is 0 Å².